The van der Waals surface area contributed by atoms with E-state index >= 15 is 0 Å². The lowest BCUT2D eigenvalue weighted by molar-refractivity contribution is -0.109. The van der Waals surface area contributed by atoms with Gasteiger partial charge in [0.2, 0.25) is 6.41 Å². The van der Waals surface area contributed by atoms with E-state index in [9.17, 15) is 9.59 Å². The standard InChI is InChI=1S/C30H36N6O3/c1-4-33-21-7-11-25-27(16-21)39-28-17-23(36(5-2)6-3)9-12-26(28)29(25)24-10-8-22(15-20(24)18-31)35-30(38)34-14-13-32-19-37/h7-12,15-17,19H,4-6,13-14,18,31H2,1-3H3,(H,32,37)(H2,34,35,38). The summed E-state index contributed by atoms with van der Waals surface area (Å²) in [4.78, 5) is 29.5. The zero-order valence-corrected chi connectivity index (χ0v) is 22.7. The van der Waals surface area contributed by atoms with Crippen LogP contribution in [0.25, 0.3) is 33.4 Å². The second-order valence-corrected chi connectivity index (χ2v) is 9.01. The summed E-state index contributed by atoms with van der Waals surface area (Å²) >= 11 is 0. The molecule has 3 amide bonds. The van der Waals surface area contributed by atoms with Gasteiger partial charge in [-0.05, 0) is 68.3 Å². The summed E-state index contributed by atoms with van der Waals surface area (Å²) < 4.78 is 6.47. The maximum absolute atomic E-state index is 12.3. The van der Waals surface area contributed by atoms with Crippen molar-refractivity contribution in [3.8, 4) is 22.5 Å². The second kappa shape index (κ2) is 12.9. The lowest BCUT2D eigenvalue weighted by Gasteiger charge is -2.23. The number of carbonyl (C=O) groups excluding carboxylic acids is 2. The molecule has 1 heterocycles. The normalized spacial score (nSPS) is 11.5. The zero-order chi connectivity index (χ0) is 27.8. The minimum Gasteiger partial charge on any atom is -0.456 e. The van der Waals surface area contributed by atoms with E-state index in [0.29, 0.717) is 31.7 Å². The smallest absolute Gasteiger partial charge is 0.319 e. The number of benzene rings is 3. The first kappa shape index (κ1) is 27.7. The van der Waals surface area contributed by atoms with E-state index in [1.165, 1.54) is 0 Å². The fourth-order valence-electron chi connectivity index (χ4n) is 4.79. The van der Waals surface area contributed by atoms with Gasteiger partial charge in [-0.25, -0.2) is 4.79 Å². The molecule has 0 saturated heterocycles. The Balaban J connectivity index is 1.83. The molecular formula is C30H36N6O3. The second-order valence-electron chi connectivity index (χ2n) is 9.01. The van der Waals surface area contributed by atoms with E-state index in [0.717, 1.165) is 63.1 Å². The molecule has 2 aromatic rings. The largest absolute Gasteiger partial charge is 0.456 e. The molecule has 39 heavy (non-hydrogen) atoms. The van der Waals surface area contributed by atoms with Crippen molar-refractivity contribution in [2.75, 3.05) is 42.9 Å². The molecule has 2 aliphatic rings. The number of anilines is 2. The monoisotopic (exact) mass is 528 g/mol. The van der Waals surface area contributed by atoms with Gasteiger partial charge in [0, 0.05) is 79.3 Å². The van der Waals surface area contributed by atoms with Crippen LogP contribution in [0.3, 0.4) is 0 Å². The molecular weight excluding hydrogens is 492 g/mol. The minimum absolute atomic E-state index is 0.283. The first-order valence-corrected chi connectivity index (χ1v) is 13.3. The van der Waals surface area contributed by atoms with E-state index in [1.54, 1.807) is 0 Å². The Bertz CT molecular complexity index is 1490. The van der Waals surface area contributed by atoms with Crippen LogP contribution in [-0.2, 0) is 11.3 Å². The summed E-state index contributed by atoms with van der Waals surface area (Å²) in [5, 5.41) is 9.91. The van der Waals surface area contributed by atoms with Crippen LogP contribution in [0.5, 0.6) is 0 Å². The average molecular weight is 529 g/mol. The number of hydrogen-bond acceptors (Lipinski definition) is 6. The average Bonchev–Trinajstić information content (AvgIpc) is 2.95. The zero-order valence-electron chi connectivity index (χ0n) is 22.7. The molecule has 1 aliphatic carbocycles. The number of nitrogens with two attached hydrogens (primary N) is 1. The van der Waals surface area contributed by atoms with Gasteiger partial charge in [0.1, 0.15) is 11.3 Å². The molecule has 0 saturated carbocycles. The van der Waals surface area contributed by atoms with Gasteiger partial charge in [-0.3, -0.25) is 9.79 Å². The summed E-state index contributed by atoms with van der Waals surface area (Å²) in [6.07, 6.45) is 0.597. The molecule has 0 unspecified atom stereocenters. The van der Waals surface area contributed by atoms with Crippen LogP contribution in [0.1, 0.15) is 26.3 Å². The molecule has 0 aromatic heterocycles. The fraction of sp³-hybridized carbons (Fsp3) is 0.300. The topological polar surface area (TPSA) is 125 Å². The van der Waals surface area contributed by atoms with Gasteiger partial charge < -0.3 is 31.0 Å². The van der Waals surface area contributed by atoms with Crippen LogP contribution in [-0.4, -0.2) is 45.2 Å². The summed E-state index contributed by atoms with van der Waals surface area (Å²) in [6, 6.07) is 17.8. The highest BCUT2D eigenvalue weighted by Crippen LogP contribution is 2.42. The van der Waals surface area contributed by atoms with Crippen molar-refractivity contribution in [1.82, 2.24) is 10.6 Å². The summed E-state index contributed by atoms with van der Waals surface area (Å²) in [7, 11) is 0. The molecule has 0 radical (unpaired) electrons. The van der Waals surface area contributed by atoms with Crippen molar-refractivity contribution in [1.29, 1.82) is 0 Å². The summed E-state index contributed by atoms with van der Waals surface area (Å²) in [6.45, 7) is 9.72. The molecule has 0 bridgehead atoms. The molecule has 204 valence electrons. The number of fused-ring (bicyclic) bond motifs is 2. The van der Waals surface area contributed by atoms with Gasteiger partial charge in [-0.15, -0.1) is 0 Å². The molecule has 0 atom stereocenters. The van der Waals surface area contributed by atoms with Crippen LogP contribution in [0.4, 0.5) is 16.2 Å². The van der Waals surface area contributed by atoms with Crippen LogP contribution in [0, 0.1) is 0 Å². The number of nitrogens with one attached hydrogen (secondary N) is 3. The SMILES string of the molecule is CCN=c1ccc2c(-c3ccc(NC(=O)NCCNC=O)cc3CN)c3ccc(N(CC)CC)cc3oc-2c1. The molecule has 4 rings (SSSR count). The van der Waals surface area contributed by atoms with Gasteiger partial charge in [0.05, 0.1) is 5.36 Å². The Morgan fingerprint density at radius 3 is 2.51 bits per heavy atom. The number of carbonyl (C=O) groups is 2. The van der Waals surface area contributed by atoms with Crippen molar-refractivity contribution in [3.05, 3.63) is 65.5 Å². The summed E-state index contributed by atoms with van der Waals surface area (Å²) in [5.74, 6) is 0.748. The molecule has 9 heteroatoms. The lowest BCUT2D eigenvalue weighted by Crippen LogP contribution is -2.34. The van der Waals surface area contributed by atoms with E-state index in [1.807, 2.05) is 43.3 Å². The highest BCUT2D eigenvalue weighted by Gasteiger charge is 2.20. The highest BCUT2D eigenvalue weighted by molar-refractivity contribution is 6.03. The quantitative estimate of drug-likeness (QED) is 0.131. The van der Waals surface area contributed by atoms with Crippen molar-refractivity contribution in [3.63, 3.8) is 0 Å². The predicted molar refractivity (Wildman–Crippen MR) is 157 cm³/mol. The molecule has 2 aromatic carbocycles. The maximum atomic E-state index is 12.3. The Labute approximate surface area is 228 Å². The first-order chi connectivity index (χ1) is 19.0. The number of hydrogen-bond donors (Lipinski definition) is 4. The van der Waals surface area contributed by atoms with Crippen molar-refractivity contribution >= 4 is 34.8 Å². The van der Waals surface area contributed by atoms with Crippen LogP contribution in [0.15, 0.2) is 64.0 Å². The fourth-order valence-corrected chi connectivity index (χ4v) is 4.79. The van der Waals surface area contributed by atoms with E-state index < -0.39 is 0 Å². The van der Waals surface area contributed by atoms with Crippen LogP contribution in [0.2, 0.25) is 0 Å². The van der Waals surface area contributed by atoms with Crippen molar-refractivity contribution in [2.45, 2.75) is 27.3 Å². The van der Waals surface area contributed by atoms with Gasteiger partial charge in [0.15, 0.2) is 0 Å². The van der Waals surface area contributed by atoms with Gasteiger partial charge >= 0.3 is 6.03 Å². The highest BCUT2D eigenvalue weighted by atomic mass is 16.3. The minimum atomic E-state index is -0.357. The lowest BCUT2D eigenvalue weighted by atomic mass is 9.90. The van der Waals surface area contributed by atoms with Gasteiger partial charge in [-0.1, -0.05) is 6.07 Å². The van der Waals surface area contributed by atoms with Crippen molar-refractivity contribution < 1.29 is 14.0 Å². The Kier molecular flexibility index (Phi) is 9.17. The third-order valence-electron chi connectivity index (χ3n) is 6.65. The maximum Gasteiger partial charge on any atom is 0.319 e. The third-order valence-corrected chi connectivity index (χ3v) is 6.65. The summed E-state index contributed by atoms with van der Waals surface area (Å²) in [5.41, 5.74) is 12.6. The Morgan fingerprint density at radius 1 is 1.00 bits per heavy atom. The number of urea groups is 1. The number of amides is 3. The third kappa shape index (κ3) is 6.21. The van der Waals surface area contributed by atoms with E-state index in [4.69, 9.17) is 10.2 Å². The Morgan fingerprint density at radius 2 is 1.79 bits per heavy atom. The molecule has 9 nitrogen and oxygen atoms in total. The molecule has 0 spiro atoms. The van der Waals surface area contributed by atoms with Gasteiger partial charge in [-0.2, -0.15) is 0 Å². The first-order valence-electron chi connectivity index (χ1n) is 13.3. The number of nitrogens with zero attached hydrogens (tertiary/aromatic N) is 2. The molecule has 5 N–H and O–H groups in total. The molecule has 0 fully saturated rings. The number of rotatable bonds is 11. The van der Waals surface area contributed by atoms with Gasteiger partial charge in [0.25, 0.3) is 0 Å². The van der Waals surface area contributed by atoms with E-state index in [-0.39, 0.29) is 12.6 Å². The molecule has 1 aliphatic heterocycles. The predicted octanol–water partition coefficient (Wildman–Crippen LogP) is 4.30. The van der Waals surface area contributed by atoms with E-state index in [2.05, 4.69) is 57.9 Å². The van der Waals surface area contributed by atoms with Crippen molar-refractivity contribution in [2.24, 2.45) is 10.7 Å². The van der Waals surface area contributed by atoms with Crippen LogP contribution < -0.4 is 31.9 Å². The van der Waals surface area contributed by atoms with Crippen LogP contribution >= 0.6 is 0 Å². The Hall–Kier alpha value is -4.37.